The van der Waals surface area contributed by atoms with Crippen molar-refractivity contribution < 1.29 is 4.74 Å². The summed E-state index contributed by atoms with van der Waals surface area (Å²) in [5.74, 6) is 1.36. The summed E-state index contributed by atoms with van der Waals surface area (Å²) < 4.78 is 5.64. The van der Waals surface area contributed by atoms with Crippen LogP contribution in [-0.2, 0) is 4.74 Å². The molecule has 0 amide bonds. The molecule has 0 radical (unpaired) electrons. The van der Waals surface area contributed by atoms with Crippen LogP contribution in [0.15, 0.2) is 18.3 Å². The Morgan fingerprint density at radius 1 is 1.62 bits per heavy atom. The van der Waals surface area contributed by atoms with Gasteiger partial charge in [-0.15, -0.1) is 0 Å². The number of pyridine rings is 1. The fourth-order valence-electron chi connectivity index (χ4n) is 2.17. The zero-order chi connectivity index (χ0) is 11.4. The van der Waals surface area contributed by atoms with Crippen LogP contribution in [-0.4, -0.2) is 24.2 Å². The van der Waals surface area contributed by atoms with Crippen LogP contribution in [0.2, 0.25) is 0 Å². The molecule has 2 rings (SSSR count). The second-order valence-corrected chi connectivity index (χ2v) is 4.19. The third-order valence-electron chi connectivity index (χ3n) is 3.12. The van der Waals surface area contributed by atoms with Gasteiger partial charge in [-0.1, -0.05) is 6.92 Å². The first-order valence-corrected chi connectivity index (χ1v) is 5.87. The SMILES string of the molecule is CCC1OCCC1CNc1ncccc1N. The second-order valence-electron chi connectivity index (χ2n) is 4.19. The van der Waals surface area contributed by atoms with E-state index >= 15 is 0 Å². The molecule has 0 saturated carbocycles. The molecule has 0 aliphatic carbocycles. The average molecular weight is 221 g/mol. The molecule has 2 unspecified atom stereocenters. The Balaban J connectivity index is 1.90. The van der Waals surface area contributed by atoms with Gasteiger partial charge < -0.3 is 15.8 Å². The molecule has 0 bridgehead atoms. The second kappa shape index (κ2) is 5.16. The summed E-state index contributed by atoms with van der Waals surface area (Å²) in [6.07, 6.45) is 4.33. The minimum absolute atomic E-state index is 0.387. The number of hydrogen-bond acceptors (Lipinski definition) is 4. The minimum atomic E-state index is 0.387. The standard InChI is InChI=1S/C12H19N3O/c1-2-11-9(5-7-16-11)8-15-12-10(13)4-3-6-14-12/h3-4,6,9,11H,2,5,7-8,13H2,1H3,(H,14,15). The fourth-order valence-corrected chi connectivity index (χ4v) is 2.17. The van der Waals surface area contributed by atoms with E-state index in [9.17, 15) is 0 Å². The molecule has 1 aliphatic rings. The first-order chi connectivity index (χ1) is 7.81. The molecule has 2 atom stereocenters. The van der Waals surface area contributed by atoms with E-state index in [2.05, 4.69) is 17.2 Å². The van der Waals surface area contributed by atoms with Crippen molar-refractivity contribution in [2.75, 3.05) is 24.2 Å². The Labute approximate surface area is 96.2 Å². The number of rotatable bonds is 4. The molecular formula is C12H19N3O. The van der Waals surface area contributed by atoms with Gasteiger partial charge in [-0.05, 0) is 25.0 Å². The zero-order valence-electron chi connectivity index (χ0n) is 9.65. The number of nitrogens with one attached hydrogen (secondary N) is 1. The number of hydrogen-bond donors (Lipinski definition) is 2. The highest BCUT2D eigenvalue weighted by molar-refractivity contribution is 5.60. The summed E-state index contributed by atoms with van der Waals surface area (Å²) >= 11 is 0. The van der Waals surface area contributed by atoms with Crippen molar-refractivity contribution in [1.82, 2.24) is 4.98 Å². The molecule has 1 aromatic heterocycles. The first-order valence-electron chi connectivity index (χ1n) is 5.87. The van der Waals surface area contributed by atoms with Gasteiger partial charge in [0.2, 0.25) is 0 Å². The third-order valence-corrected chi connectivity index (χ3v) is 3.12. The quantitative estimate of drug-likeness (QED) is 0.815. The summed E-state index contributed by atoms with van der Waals surface area (Å²) in [6.45, 7) is 3.93. The lowest BCUT2D eigenvalue weighted by Gasteiger charge is -2.18. The first kappa shape index (κ1) is 11.2. The number of nitrogen functional groups attached to an aromatic ring is 1. The maximum absolute atomic E-state index is 5.82. The van der Waals surface area contributed by atoms with E-state index in [1.165, 1.54) is 0 Å². The van der Waals surface area contributed by atoms with Gasteiger partial charge in [0.25, 0.3) is 0 Å². The molecule has 0 aromatic carbocycles. The number of nitrogens with zero attached hydrogens (tertiary/aromatic N) is 1. The molecule has 3 N–H and O–H groups in total. The molecule has 1 fully saturated rings. The predicted molar refractivity (Wildman–Crippen MR) is 65.3 cm³/mol. The third kappa shape index (κ3) is 2.44. The van der Waals surface area contributed by atoms with E-state index in [4.69, 9.17) is 10.5 Å². The highest BCUT2D eigenvalue weighted by Crippen LogP contribution is 2.24. The zero-order valence-corrected chi connectivity index (χ0v) is 9.65. The number of ether oxygens (including phenoxy) is 1. The van der Waals surface area contributed by atoms with Crippen LogP contribution in [0.3, 0.4) is 0 Å². The van der Waals surface area contributed by atoms with Gasteiger partial charge in [-0.3, -0.25) is 0 Å². The Morgan fingerprint density at radius 3 is 3.25 bits per heavy atom. The monoisotopic (exact) mass is 221 g/mol. The van der Waals surface area contributed by atoms with Crippen LogP contribution in [0, 0.1) is 5.92 Å². The maximum Gasteiger partial charge on any atom is 0.149 e. The molecule has 16 heavy (non-hydrogen) atoms. The smallest absolute Gasteiger partial charge is 0.149 e. The fraction of sp³-hybridized carbons (Fsp3) is 0.583. The number of aromatic nitrogens is 1. The molecule has 1 aliphatic heterocycles. The van der Waals surface area contributed by atoms with Crippen LogP contribution in [0.1, 0.15) is 19.8 Å². The Morgan fingerprint density at radius 2 is 2.50 bits per heavy atom. The summed E-state index contributed by atoms with van der Waals surface area (Å²) in [5.41, 5.74) is 6.52. The molecule has 0 spiro atoms. The van der Waals surface area contributed by atoms with Crippen molar-refractivity contribution in [1.29, 1.82) is 0 Å². The average Bonchev–Trinajstić information content (AvgIpc) is 2.75. The van der Waals surface area contributed by atoms with Gasteiger partial charge >= 0.3 is 0 Å². The van der Waals surface area contributed by atoms with E-state index < -0.39 is 0 Å². The lowest BCUT2D eigenvalue weighted by molar-refractivity contribution is 0.0900. The van der Waals surface area contributed by atoms with Crippen molar-refractivity contribution in [2.45, 2.75) is 25.9 Å². The van der Waals surface area contributed by atoms with Gasteiger partial charge in [0.05, 0.1) is 11.8 Å². The number of anilines is 2. The largest absolute Gasteiger partial charge is 0.396 e. The van der Waals surface area contributed by atoms with E-state index in [0.29, 0.717) is 17.7 Å². The van der Waals surface area contributed by atoms with E-state index in [-0.39, 0.29) is 0 Å². The highest BCUT2D eigenvalue weighted by atomic mass is 16.5. The van der Waals surface area contributed by atoms with Gasteiger partial charge in [-0.25, -0.2) is 4.98 Å². The molecule has 88 valence electrons. The highest BCUT2D eigenvalue weighted by Gasteiger charge is 2.26. The predicted octanol–water partition coefficient (Wildman–Crippen LogP) is 1.89. The molecule has 4 nitrogen and oxygen atoms in total. The van der Waals surface area contributed by atoms with Crippen molar-refractivity contribution in [3.8, 4) is 0 Å². The van der Waals surface area contributed by atoms with Crippen LogP contribution in [0.5, 0.6) is 0 Å². The van der Waals surface area contributed by atoms with Gasteiger partial charge in [0.15, 0.2) is 0 Å². The van der Waals surface area contributed by atoms with Crippen molar-refractivity contribution >= 4 is 11.5 Å². The van der Waals surface area contributed by atoms with Crippen molar-refractivity contribution in [2.24, 2.45) is 5.92 Å². The lowest BCUT2D eigenvalue weighted by atomic mass is 10.00. The van der Waals surface area contributed by atoms with E-state index in [1.807, 2.05) is 12.1 Å². The van der Waals surface area contributed by atoms with Crippen LogP contribution >= 0.6 is 0 Å². The van der Waals surface area contributed by atoms with Crippen molar-refractivity contribution in [3.63, 3.8) is 0 Å². The lowest BCUT2D eigenvalue weighted by Crippen LogP contribution is -2.23. The Bertz CT molecular complexity index is 343. The molecule has 4 heteroatoms. The topological polar surface area (TPSA) is 60.2 Å². The summed E-state index contributed by atoms with van der Waals surface area (Å²) in [7, 11) is 0. The van der Waals surface area contributed by atoms with Crippen molar-refractivity contribution in [3.05, 3.63) is 18.3 Å². The number of nitrogens with two attached hydrogens (primary N) is 1. The molecule has 2 heterocycles. The van der Waals surface area contributed by atoms with Crippen LogP contribution in [0.4, 0.5) is 11.5 Å². The van der Waals surface area contributed by atoms with Gasteiger partial charge in [0.1, 0.15) is 5.82 Å². The molecule has 1 saturated heterocycles. The Kier molecular flexibility index (Phi) is 3.62. The summed E-state index contributed by atoms with van der Waals surface area (Å²) in [6, 6.07) is 3.70. The normalized spacial score (nSPS) is 24.6. The van der Waals surface area contributed by atoms with E-state index in [1.54, 1.807) is 6.20 Å². The van der Waals surface area contributed by atoms with Gasteiger partial charge in [-0.2, -0.15) is 0 Å². The minimum Gasteiger partial charge on any atom is -0.396 e. The van der Waals surface area contributed by atoms with Gasteiger partial charge in [0, 0.05) is 25.3 Å². The van der Waals surface area contributed by atoms with E-state index in [0.717, 1.165) is 31.8 Å². The summed E-state index contributed by atoms with van der Waals surface area (Å²) in [4.78, 5) is 4.21. The molecule has 1 aromatic rings. The van der Waals surface area contributed by atoms with Crippen LogP contribution < -0.4 is 11.1 Å². The van der Waals surface area contributed by atoms with Crippen LogP contribution in [0.25, 0.3) is 0 Å². The maximum atomic E-state index is 5.82. The Hall–Kier alpha value is -1.29. The summed E-state index contributed by atoms with van der Waals surface area (Å²) in [5, 5.41) is 3.30. The molecular weight excluding hydrogens is 202 g/mol.